The summed E-state index contributed by atoms with van der Waals surface area (Å²) in [5, 5.41) is 0. The van der Waals surface area contributed by atoms with Gasteiger partial charge in [0.05, 0.1) is 0 Å². The first kappa shape index (κ1) is 11.8. The van der Waals surface area contributed by atoms with E-state index in [4.69, 9.17) is 5.73 Å². The molecule has 0 bridgehead atoms. The van der Waals surface area contributed by atoms with Gasteiger partial charge in [-0.3, -0.25) is 0 Å². The number of nitrogens with two attached hydrogens (primary N) is 1. The highest BCUT2D eigenvalue weighted by Crippen LogP contribution is 2.45. The number of allylic oxidation sites excluding steroid dienone is 2. The third kappa shape index (κ3) is 2.38. The largest absolute Gasteiger partial charge is 0.328 e. The highest BCUT2D eigenvalue weighted by Gasteiger charge is 2.34. The molecule has 2 N–H and O–H groups in total. The quantitative estimate of drug-likeness (QED) is 0.683. The SMILES string of the molecule is CCC(N)CCC1CC=C(C)C1(C)C. The van der Waals surface area contributed by atoms with Crippen LogP contribution in [0.4, 0.5) is 0 Å². The van der Waals surface area contributed by atoms with E-state index >= 15 is 0 Å². The van der Waals surface area contributed by atoms with Gasteiger partial charge in [-0.2, -0.15) is 0 Å². The Morgan fingerprint density at radius 2 is 2.21 bits per heavy atom. The number of hydrogen-bond acceptors (Lipinski definition) is 1. The summed E-state index contributed by atoms with van der Waals surface area (Å²) in [6.45, 7) is 9.18. The molecule has 82 valence electrons. The van der Waals surface area contributed by atoms with E-state index in [9.17, 15) is 0 Å². The fourth-order valence-electron chi connectivity index (χ4n) is 2.30. The maximum absolute atomic E-state index is 5.96. The smallest absolute Gasteiger partial charge is 0.00363 e. The molecule has 0 amide bonds. The Labute approximate surface area is 88.8 Å². The highest BCUT2D eigenvalue weighted by atomic mass is 14.6. The molecule has 2 atom stereocenters. The molecule has 1 heteroatoms. The molecule has 0 saturated carbocycles. The summed E-state index contributed by atoms with van der Waals surface area (Å²) in [5.74, 6) is 0.820. The van der Waals surface area contributed by atoms with E-state index in [1.165, 1.54) is 19.3 Å². The lowest BCUT2D eigenvalue weighted by molar-refractivity contribution is 0.263. The van der Waals surface area contributed by atoms with Gasteiger partial charge in [0.1, 0.15) is 0 Å². The second-order valence-electron chi connectivity index (χ2n) is 5.29. The molecule has 0 aromatic heterocycles. The van der Waals surface area contributed by atoms with E-state index in [0.29, 0.717) is 11.5 Å². The lowest BCUT2D eigenvalue weighted by Crippen LogP contribution is -2.24. The van der Waals surface area contributed by atoms with Gasteiger partial charge in [-0.25, -0.2) is 0 Å². The lowest BCUT2D eigenvalue weighted by Gasteiger charge is -2.30. The number of rotatable bonds is 4. The minimum atomic E-state index is 0.409. The highest BCUT2D eigenvalue weighted by molar-refractivity contribution is 5.18. The Morgan fingerprint density at radius 1 is 1.57 bits per heavy atom. The zero-order chi connectivity index (χ0) is 10.8. The molecule has 0 aromatic rings. The molecule has 0 aromatic carbocycles. The van der Waals surface area contributed by atoms with Crippen molar-refractivity contribution in [1.29, 1.82) is 0 Å². The molecular formula is C13H25N. The summed E-state index contributed by atoms with van der Waals surface area (Å²) in [6.07, 6.45) is 7.25. The van der Waals surface area contributed by atoms with Crippen LogP contribution in [-0.2, 0) is 0 Å². The second-order valence-corrected chi connectivity index (χ2v) is 5.29. The molecule has 1 aliphatic carbocycles. The van der Waals surface area contributed by atoms with Crippen LogP contribution in [0.3, 0.4) is 0 Å². The van der Waals surface area contributed by atoms with E-state index in [-0.39, 0.29) is 0 Å². The van der Waals surface area contributed by atoms with Crippen LogP contribution >= 0.6 is 0 Å². The van der Waals surface area contributed by atoms with Crippen LogP contribution in [0.2, 0.25) is 0 Å². The molecule has 14 heavy (non-hydrogen) atoms. The van der Waals surface area contributed by atoms with Gasteiger partial charge in [0.25, 0.3) is 0 Å². The summed E-state index contributed by atoms with van der Waals surface area (Å²) in [5.41, 5.74) is 7.93. The third-order valence-corrected chi connectivity index (χ3v) is 4.16. The zero-order valence-corrected chi connectivity index (χ0v) is 10.1. The molecule has 1 aliphatic rings. The normalized spacial score (nSPS) is 27.5. The van der Waals surface area contributed by atoms with Crippen LogP contribution in [0.25, 0.3) is 0 Å². The molecular weight excluding hydrogens is 170 g/mol. The fourth-order valence-corrected chi connectivity index (χ4v) is 2.30. The summed E-state index contributed by atoms with van der Waals surface area (Å²) < 4.78 is 0. The first-order chi connectivity index (χ1) is 6.48. The fraction of sp³-hybridized carbons (Fsp3) is 0.846. The Morgan fingerprint density at radius 3 is 2.64 bits per heavy atom. The topological polar surface area (TPSA) is 26.0 Å². The molecule has 2 unspecified atom stereocenters. The van der Waals surface area contributed by atoms with Gasteiger partial charge in [-0.1, -0.05) is 32.4 Å². The van der Waals surface area contributed by atoms with Gasteiger partial charge < -0.3 is 5.73 Å². The van der Waals surface area contributed by atoms with Crippen LogP contribution in [0.15, 0.2) is 11.6 Å². The van der Waals surface area contributed by atoms with Gasteiger partial charge in [-0.05, 0) is 43.9 Å². The van der Waals surface area contributed by atoms with Crippen LogP contribution in [0.1, 0.15) is 53.4 Å². The predicted octanol–water partition coefficient (Wildman–Crippen LogP) is 3.50. The minimum Gasteiger partial charge on any atom is -0.328 e. The molecule has 0 fully saturated rings. The van der Waals surface area contributed by atoms with Crippen molar-refractivity contribution in [3.8, 4) is 0 Å². The summed E-state index contributed by atoms with van der Waals surface area (Å²) in [6, 6.07) is 0.409. The summed E-state index contributed by atoms with van der Waals surface area (Å²) in [4.78, 5) is 0. The standard InChI is InChI=1S/C13H25N/c1-5-12(14)9-8-11-7-6-10(2)13(11,3)4/h6,11-12H,5,7-9,14H2,1-4H3. The lowest BCUT2D eigenvalue weighted by atomic mass is 9.75. The van der Waals surface area contributed by atoms with E-state index in [2.05, 4.69) is 33.8 Å². The van der Waals surface area contributed by atoms with Crippen molar-refractivity contribution in [3.05, 3.63) is 11.6 Å². The molecule has 1 rings (SSSR count). The van der Waals surface area contributed by atoms with Crippen LogP contribution < -0.4 is 5.73 Å². The molecule has 0 heterocycles. The van der Waals surface area contributed by atoms with Gasteiger partial charge in [-0.15, -0.1) is 0 Å². The summed E-state index contributed by atoms with van der Waals surface area (Å²) >= 11 is 0. The van der Waals surface area contributed by atoms with Crippen LogP contribution in [-0.4, -0.2) is 6.04 Å². The average molecular weight is 195 g/mol. The first-order valence-corrected chi connectivity index (χ1v) is 5.91. The van der Waals surface area contributed by atoms with E-state index in [0.717, 1.165) is 12.3 Å². The van der Waals surface area contributed by atoms with Gasteiger partial charge in [0, 0.05) is 6.04 Å². The maximum Gasteiger partial charge on any atom is 0.00363 e. The van der Waals surface area contributed by atoms with Crippen LogP contribution in [0, 0.1) is 11.3 Å². The Balaban J connectivity index is 2.41. The van der Waals surface area contributed by atoms with Gasteiger partial charge in [0.2, 0.25) is 0 Å². The van der Waals surface area contributed by atoms with Gasteiger partial charge >= 0.3 is 0 Å². The maximum atomic E-state index is 5.96. The van der Waals surface area contributed by atoms with E-state index in [1.807, 2.05) is 0 Å². The first-order valence-electron chi connectivity index (χ1n) is 5.91. The Hall–Kier alpha value is -0.300. The molecule has 1 nitrogen and oxygen atoms in total. The minimum absolute atomic E-state index is 0.409. The van der Waals surface area contributed by atoms with Crippen LogP contribution in [0.5, 0.6) is 0 Å². The Kier molecular flexibility index (Phi) is 3.77. The molecule has 0 saturated heterocycles. The molecule has 0 radical (unpaired) electrons. The average Bonchev–Trinajstić information content (AvgIpc) is 2.39. The number of hydrogen-bond donors (Lipinski definition) is 1. The van der Waals surface area contributed by atoms with Gasteiger partial charge in [0.15, 0.2) is 0 Å². The predicted molar refractivity (Wildman–Crippen MR) is 63.1 cm³/mol. The molecule has 0 aliphatic heterocycles. The van der Waals surface area contributed by atoms with Crippen molar-refractivity contribution in [2.24, 2.45) is 17.1 Å². The van der Waals surface area contributed by atoms with E-state index in [1.54, 1.807) is 5.57 Å². The van der Waals surface area contributed by atoms with Crippen molar-refractivity contribution in [2.75, 3.05) is 0 Å². The van der Waals surface area contributed by atoms with Crippen molar-refractivity contribution in [1.82, 2.24) is 0 Å². The Bertz CT molecular complexity index is 215. The third-order valence-electron chi connectivity index (χ3n) is 4.16. The second kappa shape index (κ2) is 4.48. The van der Waals surface area contributed by atoms with Crippen molar-refractivity contribution in [2.45, 2.75) is 59.4 Å². The van der Waals surface area contributed by atoms with Crippen molar-refractivity contribution >= 4 is 0 Å². The van der Waals surface area contributed by atoms with Crippen molar-refractivity contribution in [3.63, 3.8) is 0 Å². The van der Waals surface area contributed by atoms with E-state index < -0.39 is 0 Å². The summed E-state index contributed by atoms with van der Waals surface area (Å²) in [7, 11) is 0. The zero-order valence-electron chi connectivity index (χ0n) is 10.1. The molecule has 0 spiro atoms. The van der Waals surface area contributed by atoms with Crippen molar-refractivity contribution < 1.29 is 0 Å². The monoisotopic (exact) mass is 195 g/mol.